The Morgan fingerprint density at radius 1 is 1.16 bits per heavy atom. The van der Waals surface area contributed by atoms with Gasteiger partial charge in [-0.25, -0.2) is 0 Å². The lowest BCUT2D eigenvalue weighted by molar-refractivity contribution is -0.292. The molecule has 9 heteroatoms. The van der Waals surface area contributed by atoms with Crippen molar-refractivity contribution in [3.8, 4) is 0 Å². The van der Waals surface area contributed by atoms with E-state index in [-0.39, 0.29) is 18.9 Å². The molecule has 1 heterocycles. The van der Waals surface area contributed by atoms with E-state index in [9.17, 15) is 26.3 Å². The third-order valence-electron chi connectivity index (χ3n) is 3.15. The first-order valence-corrected chi connectivity index (χ1v) is 5.87. The summed E-state index contributed by atoms with van der Waals surface area (Å²) in [5, 5.41) is 0. The van der Waals surface area contributed by atoms with E-state index in [4.69, 9.17) is 10.6 Å². The Hall–Kier alpha value is -0.540. The van der Waals surface area contributed by atoms with E-state index in [1.165, 1.54) is 0 Å². The van der Waals surface area contributed by atoms with Crippen molar-refractivity contribution in [2.24, 2.45) is 11.8 Å². The molecule has 0 saturated carbocycles. The standard InChI is InChI=1S/C10H16F6N2O/c11-9(12,13)8(10(14,15)16)7(18-17)4-3-6-2-1-5-19-6/h6-8,18H,1-5,17H2. The summed E-state index contributed by atoms with van der Waals surface area (Å²) >= 11 is 0. The Morgan fingerprint density at radius 2 is 1.74 bits per heavy atom. The number of nitrogens with one attached hydrogen (secondary N) is 1. The van der Waals surface area contributed by atoms with Gasteiger partial charge in [-0.15, -0.1) is 0 Å². The van der Waals surface area contributed by atoms with Crippen LogP contribution in [0.3, 0.4) is 0 Å². The summed E-state index contributed by atoms with van der Waals surface area (Å²) in [6, 6.07) is -1.90. The van der Waals surface area contributed by atoms with Crippen LogP contribution in [0.1, 0.15) is 25.7 Å². The Morgan fingerprint density at radius 3 is 2.11 bits per heavy atom. The topological polar surface area (TPSA) is 47.3 Å². The van der Waals surface area contributed by atoms with Gasteiger partial charge in [-0.2, -0.15) is 26.3 Å². The summed E-state index contributed by atoms with van der Waals surface area (Å²) in [5.41, 5.74) is 1.64. The van der Waals surface area contributed by atoms with Crippen molar-refractivity contribution in [3.05, 3.63) is 0 Å². The van der Waals surface area contributed by atoms with Crippen LogP contribution in [-0.4, -0.2) is 31.1 Å². The van der Waals surface area contributed by atoms with E-state index in [0.717, 1.165) is 6.42 Å². The summed E-state index contributed by atoms with van der Waals surface area (Å²) in [5.74, 6) is 1.39. The number of hydrogen-bond donors (Lipinski definition) is 2. The fraction of sp³-hybridized carbons (Fsp3) is 1.00. The number of nitrogens with two attached hydrogens (primary N) is 1. The van der Waals surface area contributed by atoms with Crippen LogP contribution in [0.5, 0.6) is 0 Å². The molecule has 114 valence electrons. The molecular weight excluding hydrogens is 278 g/mol. The number of alkyl halides is 6. The minimum Gasteiger partial charge on any atom is -0.378 e. The van der Waals surface area contributed by atoms with Gasteiger partial charge in [0.2, 0.25) is 0 Å². The van der Waals surface area contributed by atoms with Gasteiger partial charge in [0.25, 0.3) is 0 Å². The molecule has 1 rings (SSSR count). The molecule has 0 spiro atoms. The number of hydrogen-bond acceptors (Lipinski definition) is 3. The Bertz CT molecular complexity index is 260. The van der Waals surface area contributed by atoms with Crippen molar-refractivity contribution < 1.29 is 31.1 Å². The molecule has 0 amide bonds. The van der Waals surface area contributed by atoms with Crippen molar-refractivity contribution in [2.75, 3.05) is 6.61 Å². The van der Waals surface area contributed by atoms with Crippen molar-refractivity contribution in [2.45, 2.75) is 50.2 Å². The van der Waals surface area contributed by atoms with E-state index < -0.39 is 24.3 Å². The second-order valence-electron chi connectivity index (χ2n) is 4.55. The zero-order valence-electron chi connectivity index (χ0n) is 10.0. The molecule has 0 aliphatic carbocycles. The van der Waals surface area contributed by atoms with E-state index in [1.54, 1.807) is 5.43 Å². The van der Waals surface area contributed by atoms with Crippen LogP contribution in [0.25, 0.3) is 0 Å². The monoisotopic (exact) mass is 294 g/mol. The Balaban J connectivity index is 2.67. The van der Waals surface area contributed by atoms with Crippen LogP contribution < -0.4 is 11.3 Å². The average molecular weight is 294 g/mol. The highest BCUT2D eigenvalue weighted by molar-refractivity contribution is 4.86. The number of ether oxygens (including phenoxy) is 1. The van der Waals surface area contributed by atoms with Crippen LogP contribution in [0.15, 0.2) is 0 Å². The predicted molar refractivity (Wildman–Crippen MR) is 54.9 cm³/mol. The summed E-state index contributed by atoms with van der Waals surface area (Å²) in [4.78, 5) is 0. The predicted octanol–water partition coefficient (Wildman–Crippen LogP) is 2.52. The molecule has 0 bridgehead atoms. The zero-order chi connectivity index (χ0) is 14.7. The lowest BCUT2D eigenvalue weighted by atomic mass is 9.93. The van der Waals surface area contributed by atoms with Gasteiger partial charge in [-0.05, 0) is 25.7 Å². The molecule has 1 aliphatic rings. The molecule has 1 saturated heterocycles. The van der Waals surface area contributed by atoms with Gasteiger partial charge in [-0.3, -0.25) is 11.3 Å². The van der Waals surface area contributed by atoms with Gasteiger partial charge in [0, 0.05) is 12.6 Å². The smallest absolute Gasteiger partial charge is 0.378 e. The van der Waals surface area contributed by atoms with Crippen molar-refractivity contribution in [1.82, 2.24) is 5.43 Å². The van der Waals surface area contributed by atoms with Gasteiger partial charge in [-0.1, -0.05) is 0 Å². The van der Waals surface area contributed by atoms with Gasteiger partial charge >= 0.3 is 12.4 Å². The molecular formula is C10H16F6N2O. The van der Waals surface area contributed by atoms with E-state index in [1.807, 2.05) is 0 Å². The number of halogens is 6. The third kappa shape index (κ3) is 4.81. The third-order valence-corrected chi connectivity index (χ3v) is 3.15. The first-order valence-electron chi connectivity index (χ1n) is 5.87. The SMILES string of the molecule is NNC(CCC1CCCO1)C(C(F)(F)F)C(F)(F)F. The molecule has 1 fully saturated rings. The molecule has 0 aromatic rings. The van der Waals surface area contributed by atoms with E-state index in [0.29, 0.717) is 13.0 Å². The molecule has 2 atom stereocenters. The Labute approximate surface area is 106 Å². The maximum atomic E-state index is 12.5. The van der Waals surface area contributed by atoms with Crippen LogP contribution in [0.2, 0.25) is 0 Å². The lowest BCUT2D eigenvalue weighted by Crippen LogP contribution is -2.53. The molecule has 3 nitrogen and oxygen atoms in total. The van der Waals surface area contributed by atoms with Crippen molar-refractivity contribution >= 4 is 0 Å². The fourth-order valence-electron chi connectivity index (χ4n) is 2.23. The molecule has 0 radical (unpaired) electrons. The average Bonchev–Trinajstić information content (AvgIpc) is 2.72. The highest BCUT2D eigenvalue weighted by Crippen LogP contribution is 2.42. The van der Waals surface area contributed by atoms with Gasteiger partial charge < -0.3 is 4.74 Å². The number of hydrazine groups is 1. The van der Waals surface area contributed by atoms with Crippen LogP contribution in [-0.2, 0) is 4.74 Å². The molecule has 19 heavy (non-hydrogen) atoms. The van der Waals surface area contributed by atoms with Gasteiger partial charge in [0.15, 0.2) is 5.92 Å². The zero-order valence-corrected chi connectivity index (χ0v) is 10.0. The maximum Gasteiger partial charge on any atom is 0.402 e. The highest BCUT2D eigenvalue weighted by Gasteiger charge is 2.59. The molecule has 3 N–H and O–H groups in total. The van der Waals surface area contributed by atoms with Gasteiger partial charge in [0.05, 0.1) is 6.10 Å². The number of rotatable bonds is 5. The highest BCUT2D eigenvalue weighted by atomic mass is 19.4. The second-order valence-corrected chi connectivity index (χ2v) is 4.55. The van der Waals surface area contributed by atoms with Crippen molar-refractivity contribution in [1.29, 1.82) is 0 Å². The Kier molecular flexibility index (Phi) is 5.45. The maximum absolute atomic E-state index is 12.5. The molecule has 0 aromatic carbocycles. The fourth-order valence-corrected chi connectivity index (χ4v) is 2.23. The molecule has 2 unspecified atom stereocenters. The molecule has 1 aliphatic heterocycles. The quantitative estimate of drug-likeness (QED) is 0.465. The lowest BCUT2D eigenvalue weighted by Gasteiger charge is -2.30. The van der Waals surface area contributed by atoms with Crippen LogP contribution in [0, 0.1) is 5.92 Å². The molecule has 0 aromatic heterocycles. The summed E-state index contributed by atoms with van der Waals surface area (Å²) in [6.45, 7) is 0.493. The van der Waals surface area contributed by atoms with Crippen molar-refractivity contribution in [3.63, 3.8) is 0 Å². The largest absolute Gasteiger partial charge is 0.402 e. The van der Waals surface area contributed by atoms with E-state index in [2.05, 4.69) is 0 Å². The van der Waals surface area contributed by atoms with E-state index >= 15 is 0 Å². The summed E-state index contributed by atoms with van der Waals surface area (Å²) in [6.07, 6.45) is -9.84. The van der Waals surface area contributed by atoms with Gasteiger partial charge in [0.1, 0.15) is 0 Å². The summed E-state index contributed by atoms with van der Waals surface area (Å²) < 4.78 is 80.2. The summed E-state index contributed by atoms with van der Waals surface area (Å²) in [7, 11) is 0. The first-order chi connectivity index (χ1) is 8.66. The normalized spacial score (nSPS) is 23.1. The first kappa shape index (κ1) is 16.5. The second kappa shape index (κ2) is 6.27. The minimum atomic E-state index is -5.38. The van der Waals surface area contributed by atoms with Crippen LogP contribution >= 0.6 is 0 Å². The minimum absolute atomic E-state index is 0.123. The van der Waals surface area contributed by atoms with Crippen LogP contribution in [0.4, 0.5) is 26.3 Å².